The Morgan fingerprint density at radius 3 is 2.50 bits per heavy atom. The third-order valence-electron chi connectivity index (χ3n) is 6.48. The Kier molecular flexibility index (Phi) is 5.27. The Morgan fingerprint density at radius 2 is 1.82 bits per heavy atom. The largest absolute Gasteiger partial charge is 0.362 e. The van der Waals surface area contributed by atoms with Crippen LogP contribution in [-0.4, -0.2) is 59.6 Å². The van der Waals surface area contributed by atoms with Crippen molar-refractivity contribution >= 4 is 17.6 Å². The van der Waals surface area contributed by atoms with Crippen molar-refractivity contribution in [2.75, 3.05) is 31.5 Å². The number of carbonyl (C=O) groups is 2. The summed E-state index contributed by atoms with van der Waals surface area (Å²) in [4.78, 5) is 29.0. The van der Waals surface area contributed by atoms with E-state index in [-0.39, 0.29) is 35.4 Å². The van der Waals surface area contributed by atoms with Crippen molar-refractivity contribution in [3.05, 3.63) is 30.1 Å². The molecule has 1 unspecified atom stereocenters. The van der Waals surface area contributed by atoms with Crippen LogP contribution in [0.15, 0.2) is 24.3 Å². The molecule has 0 aliphatic carbocycles. The van der Waals surface area contributed by atoms with Crippen LogP contribution in [0, 0.1) is 11.7 Å². The molecule has 3 aliphatic rings. The standard InChI is InChI=1S/C21H28FN3O3/c1-15-14-25(20(27)23-17-6-4-16(22)5-7-17)13-10-21(15)9-8-18(28-21)19(26)24-11-2-3-12-24/h4-7,15,18H,2-3,8-14H2,1H3,(H,23,27)/t15-,18?,21+/m1/s1. The molecule has 0 aromatic heterocycles. The van der Waals surface area contributed by atoms with Crippen LogP contribution in [-0.2, 0) is 9.53 Å². The van der Waals surface area contributed by atoms with Gasteiger partial charge in [0.05, 0.1) is 5.60 Å². The monoisotopic (exact) mass is 389 g/mol. The Balaban J connectivity index is 1.34. The first-order chi connectivity index (χ1) is 13.5. The highest BCUT2D eigenvalue weighted by Gasteiger charge is 2.50. The summed E-state index contributed by atoms with van der Waals surface area (Å²) in [5.41, 5.74) is 0.264. The van der Waals surface area contributed by atoms with Gasteiger partial charge in [0.15, 0.2) is 0 Å². The van der Waals surface area contributed by atoms with Gasteiger partial charge in [-0.15, -0.1) is 0 Å². The summed E-state index contributed by atoms with van der Waals surface area (Å²) in [6, 6.07) is 5.57. The number of piperidine rings is 1. The zero-order valence-corrected chi connectivity index (χ0v) is 16.3. The van der Waals surface area contributed by atoms with Gasteiger partial charge in [0.1, 0.15) is 11.9 Å². The number of ether oxygens (including phenoxy) is 1. The van der Waals surface area contributed by atoms with Gasteiger partial charge in [0.2, 0.25) is 0 Å². The van der Waals surface area contributed by atoms with Gasteiger partial charge in [-0.1, -0.05) is 6.92 Å². The minimum atomic E-state index is -0.333. The van der Waals surface area contributed by atoms with Gasteiger partial charge in [0, 0.05) is 37.8 Å². The predicted molar refractivity (Wildman–Crippen MR) is 103 cm³/mol. The van der Waals surface area contributed by atoms with E-state index in [2.05, 4.69) is 12.2 Å². The second-order valence-corrected chi connectivity index (χ2v) is 8.28. The lowest BCUT2D eigenvalue weighted by Crippen LogP contribution is -2.54. The van der Waals surface area contributed by atoms with Gasteiger partial charge in [-0.25, -0.2) is 9.18 Å². The highest BCUT2D eigenvalue weighted by Crippen LogP contribution is 2.43. The number of urea groups is 1. The molecule has 28 heavy (non-hydrogen) atoms. The third kappa shape index (κ3) is 3.72. The van der Waals surface area contributed by atoms with Crippen molar-refractivity contribution in [2.45, 2.75) is 50.7 Å². The highest BCUT2D eigenvalue weighted by molar-refractivity contribution is 5.89. The SMILES string of the molecule is C[C@@H]1CN(C(=O)Nc2ccc(F)cc2)CC[C@@]12CCC(C(=O)N1CCCC1)O2. The summed E-state index contributed by atoms with van der Waals surface area (Å²) in [5.74, 6) is -0.0439. The van der Waals surface area contributed by atoms with Crippen LogP contribution in [0.1, 0.15) is 39.0 Å². The summed E-state index contributed by atoms with van der Waals surface area (Å²) in [7, 11) is 0. The average molecular weight is 389 g/mol. The van der Waals surface area contributed by atoms with E-state index < -0.39 is 0 Å². The number of rotatable bonds is 2. The highest BCUT2D eigenvalue weighted by atomic mass is 19.1. The molecule has 0 bridgehead atoms. The second-order valence-electron chi connectivity index (χ2n) is 8.28. The van der Waals surface area contributed by atoms with Gasteiger partial charge in [0.25, 0.3) is 5.91 Å². The maximum Gasteiger partial charge on any atom is 0.321 e. The summed E-state index contributed by atoms with van der Waals surface area (Å²) in [5, 5.41) is 2.82. The molecule has 3 aliphatic heterocycles. The molecule has 0 saturated carbocycles. The van der Waals surface area contributed by atoms with E-state index in [0.29, 0.717) is 18.8 Å². The maximum atomic E-state index is 13.0. The van der Waals surface area contributed by atoms with Crippen molar-refractivity contribution in [1.29, 1.82) is 0 Å². The number of likely N-dealkylation sites (tertiary alicyclic amines) is 2. The first-order valence-electron chi connectivity index (χ1n) is 10.2. The van der Waals surface area contributed by atoms with Crippen LogP contribution < -0.4 is 5.32 Å². The summed E-state index contributed by atoms with van der Waals surface area (Å²) >= 11 is 0. The molecule has 152 valence electrons. The third-order valence-corrected chi connectivity index (χ3v) is 6.48. The first kappa shape index (κ1) is 19.2. The van der Waals surface area contributed by atoms with Crippen molar-refractivity contribution in [3.63, 3.8) is 0 Å². The van der Waals surface area contributed by atoms with Crippen LogP contribution in [0.2, 0.25) is 0 Å². The summed E-state index contributed by atoms with van der Waals surface area (Å²) in [6.07, 6.45) is 4.19. The molecule has 1 aromatic carbocycles. The number of halogens is 1. The van der Waals surface area contributed by atoms with E-state index in [0.717, 1.165) is 45.2 Å². The molecule has 6 nitrogen and oxygen atoms in total. The number of hydrogen-bond donors (Lipinski definition) is 1. The van der Waals surface area contributed by atoms with Gasteiger partial charge in [-0.2, -0.15) is 0 Å². The molecule has 3 atom stereocenters. The minimum Gasteiger partial charge on any atom is -0.362 e. The van der Waals surface area contributed by atoms with Gasteiger partial charge in [-0.05, 0) is 56.4 Å². The van der Waals surface area contributed by atoms with Crippen LogP contribution in [0.3, 0.4) is 0 Å². The van der Waals surface area contributed by atoms with E-state index in [9.17, 15) is 14.0 Å². The van der Waals surface area contributed by atoms with Crippen molar-refractivity contribution < 1.29 is 18.7 Å². The van der Waals surface area contributed by atoms with E-state index >= 15 is 0 Å². The Bertz CT molecular complexity index is 735. The van der Waals surface area contributed by atoms with Crippen LogP contribution in [0.5, 0.6) is 0 Å². The molecule has 1 spiro atoms. The molecule has 7 heteroatoms. The summed E-state index contributed by atoms with van der Waals surface area (Å²) < 4.78 is 19.4. The molecule has 3 fully saturated rings. The Labute approximate surface area is 165 Å². The number of nitrogens with zero attached hydrogens (tertiary/aromatic N) is 2. The predicted octanol–water partition coefficient (Wildman–Crippen LogP) is 3.24. The number of benzene rings is 1. The molecule has 1 aromatic rings. The molecule has 4 rings (SSSR count). The Hall–Kier alpha value is -2.15. The van der Waals surface area contributed by atoms with Gasteiger partial charge >= 0.3 is 6.03 Å². The topological polar surface area (TPSA) is 61.9 Å². The number of amides is 3. The minimum absolute atomic E-state index is 0.137. The average Bonchev–Trinajstić information content (AvgIpc) is 3.36. The van der Waals surface area contributed by atoms with Crippen LogP contribution >= 0.6 is 0 Å². The van der Waals surface area contributed by atoms with Crippen molar-refractivity contribution in [3.8, 4) is 0 Å². The van der Waals surface area contributed by atoms with Crippen molar-refractivity contribution in [1.82, 2.24) is 9.80 Å². The fourth-order valence-electron chi connectivity index (χ4n) is 4.72. The molecular weight excluding hydrogens is 361 g/mol. The van der Waals surface area contributed by atoms with E-state index in [1.54, 1.807) is 17.0 Å². The van der Waals surface area contributed by atoms with Crippen molar-refractivity contribution in [2.24, 2.45) is 5.92 Å². The van der Waals surface area contributed by atoms with Crippen LogP contribution in [0.4, 0.5) is 14.9 Å². The molecule has 0 radical (unpaired) electrons. The van der Waals surface area contributed by atoms with Crippen LogP contribution in [0.25, 0.3) is 0 Å². The smallest absolute Gasteiger partial charge is 0.321 e. The lowest BCUT2D eigenvalue weighted by molar-refractivity contribution is -0.154. The fraction of sp³-hybridized carbons (Fsp3) is 0.619. The lowest BCUT2D eigenvalue weighted by atomic mass is 9.80. The maximum absolute atomic E-state index is 13.0. The molecule has 3 heterocycles. The Morgan fingerprint density at radius 1 is 1.11 bits per heavy atom. The molecular formula is C21H28FN3O3. The number of nitrogens with one attached hydrogen (secondary N) is 1. The molecule has 3 saturated heterocycles. The van der Waals surface area contributed by atoms with E-state index in [1.165, 1.54) is 12.1 Å². The normalized spacial score (nSPS) is 30.1. The van der Waals surface area contributed by atoms with Gasteiger partial charge < -0.3 is 19.9 Å². The molecule has 1 N–H and O–H groups in total. The first-order valence-corrected chi connectivity index (χ1v) is 10.2. The van der Waals surface area contributed by atoms with Gasteiger partial charge in [-0.3, -0.25) is 4.79 Å². The molecule has 3 amide bonds. The zero-order valence-electron chi connectivity index (χ0n) is 16.3. The zero-order chi connectivity index (χ0) is 19.7. The number of anilines is 1. The number of hydrogen-bond acceptors (Lipinski definition) is 3. The number of carbonyl (C=O) groups excluding carboxylic acids is 2. The second kappa shape index (κ2) is 7.70. The lowest BCUT2D eigenvalue weighted by Gasteiger charge is -2.44. The quantitative estimate of drug-likeness (QED) is 0.845. The fourth-order valence-corrected chi connectivity index (χ4v) is 4.72. The van der Waals surface area contributed by atoms with E-state index in [1.807, 2.05) is 4.90 Å². The summed E-state index contributed by atoms with van der Waals surface area (Å²) in [6.45, 7) is 4.96. The van der Waals surface area contributed by atoms with E-state index in [4.69, 9.17) is 4.74 Å².